The Morgan fingerprint density at radius 2 is 1.79 bits per heavy atom. The van der Waals surface area contributed by atoms with Crippen molar-refractivity contribution in [3.8, 4) is 17.2 Å². The number of nitrogens with zero attached hydrogens (tertiary/aromatic N) is 3. The van der Waals surface area contributed by atoms with Crippen LogP contribution in [-0.4, -0.2) is 44.1 Å². The van der Waals surface area contributed by atoms with Crippen LogP contribution in [0.25, 0.3) is 0 Å². The van der Waals surface area contributed by atoms with Gasteiger partial charge in [-0.05, 0) is 48.2 Å². The highest BCUT2D eigenvalue weighted by molar-refractivity contribution is 8.12. The Morgan fingerprint density at radius 3 is 2.32 bits per heavy atom. The first kappa shape index (κ1) is 20.2. The fraction of sp³-hybridized carbons (Fsp3) is 0.263. The molecule has 0 saturated heterocycles. The molecule has 147 valence electrons. The Labute approximate surface area is 172 Å². The molecule has 0 amide bonds. The lowest BCUT2D eigenvalue weighted by atomic mass is 10.1. The van der Waals surface area contributed by atoms with E-state index in [0.717, 1.165) is 16.1 Å². The van der Waals surface area contributed by atoms with Gasteiger partial charge in [0.05, 0.1) is 27.0 Å². The number of ether oxygens (including phenoxy) is 3. The summed E-state index contributed by atoms with van der Waals surface area (Å²) in [7, 11) is 4.73. The van der Waals surface area contributed by atoms with Crippen LogP contribution in [0, 0.1) is 0 Å². The SMILES string of the molecule is COc1cc(C2S[C]=NN2C(N)=Nc2ccc(SC)cc2)cc(OC)c1OC. The molecule has 0 fully saturated rings. The van der Waals surface area contributed by atoms with Gasteiger partial charge in [0.2, 0.25) is 11.7 Å². The lowest BCUT2D eigenvalue weighted by Crippen LogP contribution is -2.32. The zero-order chi connectivity index (χ0) is 20.1. The molecule has 7 nitrogen and oxygen atoms in total. The Kier molecular flexibility index (Phi) is 6.58. The summed E-state index contributed by atoms with van der Waals surface area (Å²) < 4.78 is 16.3. The van der Waals surface area contributed by atoms with Crippen LogP contribution in [0.1, 0.15) is 10.9 Å². The van der Waals surface area contributed by atoms with E-state index in [4.69, 9.17) is 19.9 Å². The number of benzene rings is 2. The van der Waals surface area contributed by atoms with E-state index in [0.29, 0.717) is 17.2 Å². The van der Waals surface area contributed by atoms with Gasteiger partial charge in [-0.25, -0.2) is 10.0 Å². The lowest BCUT2D eigenvalue weighted by Gasteiger charge is -2.23. The second-order valence-corrected chi connectivity index (χ2v) is 7.38. The third-order valence-electron chi connectivity index (χ3n) is 4.06. The summed E-state index contributed by atoms with van der Waals surface area (Å²) >= 11 is 3.07. The average molecular weight is 418 g/mol. The van der Waals surface area contributed by atoms with E-state index in [1.165, 1.54) is 11.8 Å². The maximum atomic E-state index is 6.24. The average Bonchev–Trinajstić information content (AvgIpc) is 3.23. The molecule has 0 spiro atoms. The minimum atomic E-state index is -0.247. The molecular formula is C19H21N4O3S2. The molecule has 9 heteroatoms. The van der Waals surface area contributed by atoms with Gasteiger partial charge < -0.3 is 19.9 Å². The fourth-order valence-corrected chi connectivity index (χ4v) is 3.85. The van der Waals surface area contributed by atoms with Crippen LogP contribution in [0.3, 0.4) is 0 Å². The van der Waals surface area contributed by atoms with Crippen molar-refractivity contribution in [3.05, 3.63) is 42.0 Å². The standard InChI is InChI=1S/C19H21N4O3S2/c1-24-15-9-12(10-16(25-2)17(15)26-3)18-23(21-11-28-18)19(20)22-13-5-7-14(27-4)8-6-13/h5-10,18H,1-4H3,(H2,20,22). The predicted octanol–water partition coefficient (Wildman–Crippen LogP) is 3.95. The Hall–Kier alpha value is -2.52. The molecule has 2 aromatic carbocycles. The Morgan fingerprint density at radius 1 is 1.14 bits per heavy atom. The van der Waals surface area contributed by atoms with Crippen LogP contribution in [0.2, 0.25) is 0 Å². The predicted molar refractivity (Wildman–Crippen MR) is 115 cm³/mol. The van der Waals surface area contributed by atoms with Gasteiger partial charge in [0.15, 0.2) is 17.0 Å². The van der Waals surface area contributed by atoms with E-state index in [1.807, 2.05) is 42.7 Å². The molecule has 1 unspecified atom stereocenters. The highest BCUT2D eigenvalue weighted by Crippen LogP contribution is 2.44. The van der Waals surface area contributed by atoms with E-state index in [9.17, 15) is 0 Å². The Balaban J connectivity index is 1.91. The van der Waals surface area contributed by atoms with E-state index in [1.54, 1.807) is 38.1 Å². The fourth-order valence-electron chi connectivity index (χ4n) is 2.68. The molecule has 0 saturated carbocycles. The second-order valence-electron chi connectivity index (χ2n) is 5.63. The molecule has 1 heterocycles. The van der Waals surface area contributed by atoms with Crippen molar-refractivity contribution in [1.29, 1.82) is 0 Å². The largest absolute Gasteiger partial charge is 0.493 e. The first-order valence-electron chi connectivity index (χ1n) is 8.30. The van der Waals surface area contributed by atoms with Gasteiger partial charge in [0.1, 0.15) is 5.37 Å². The van der Waals surface area contributed by atoms with Crippen LogP contribution in [-0.2, 0) is 0 Å². The smallest absolute Gasteiger partial charge is 0.218 e. The van der Waals surface area contributed by atoms with Crippen molar-refractivity contribution in [2.45, 2.75) is 10.3 Å². The van der Waals surface area contributed by atoms with Gasteiger partial charge in [-0.3, -0.25) is 0 Å². The number of hydrogen-bond donors (Lipinski definition) is 1. The third-order valence-corrected chi connectivity index (χ3v) is 5.68. The van der Waals surface area contributed by atoms with Gasteiger partial charge in [0.25, 0.3) is 0 Å². The minimum Gasteiger partial charge on any atom is -0.493 e. The molecule has 0 aromatic heterocycles. The molecule has 3 rings (SSSR count). The first-order chi connectivity index (χ1) is 13.6. The summed E-state index contributed by atoms with van der Waals surface area (Å²) in [6, 6.07) is 11.6. The maximum absolute atomic E-state index is 6.24. The van der Waals surface area contributed by atoms with Gasteiger partial charge in [-0.1, -0.05) is 11.8 Å². The number of nitrogens with two attached hydrogens (primary N) is 1. The molecule has 1 radical (unpaired) electrons. The molecular weight excluding hydrogens is 396 g/mol. The van der Waals surface area contributed by atoms with Crippen molar-refractivity contribution < 1.29 is 14.2 Å². The number of guanidine groups is 1. The Bertz CT molecular complexity index is 862. The summed E-state index contributed by atoms with van der Waals surface area (Å²) in [6.45, 7) is 0. The molecule has 28 heavy (non-hydrogen) atoms. The highest BCUT2D eigenvalue weighted by Gasteiger charge is 2.29. The van der Waals surface area contributed by atoms with Gasteiger partial charge in [-0.15, -0.1) is 11.8 Å². The van der Waals surface area contributed by atoms with E-state index >= 15 is 0 Å². The number of methoxy groups -OCH3 is 3. The van der Waals surface area contributed by atoms with Crippen molar-refractivity contribution in [1.82, 2.24) is 5.01 Å². The highest BCUT2D eigenvalue weighted by atomic mass is 32.2. The van der Waals surface area contributed by atoms with E-state index in [-0.39, 0.29) is 11.3 Å². The molecule has 2 N–H and O–H groups in total. The summed E-state index contributed by atoms with van der Waals surface area (Å²) in [4.78, 5) is 5.65. The van der Waals surface area contributed by atoms with Crippen molar-refractivity contribution in [2.24, 2.45) is 15.8 Å². The summed E-state index contributed by atoms with van der Waals surface area (Å²) in [5.41, 5.74) is 10.8. The quantitative estimate of drug-likeness (QED) is 0.433. The lowest BCUT2D eigenvalue weighted by molar-refractivity contribution is 0.322. The third kappa shape index (κ3) is 4.15. The van der Waals surface area contributed by atoms with Crippen molar-refractivity contribution in [3.63, 3.8) is 0 Å². The topological polar surface area (TPSA) is 81.7 Å². The number of aliphatic imine (C=N–C) groups is 1. The van der Waals surface area contributed by atoms with Gasteiger partial charge >= 0.3 is 0 Å². The van der Waals surface area contributed by atoms with Crippen LogP contribution >= 0.6 is 23.5 Å². The maximum Gasteiger partial charge on any atom is 0.218 e. The zero-order valence-electron chi connectivity index (χ0n) is 16.0. The number of hydrazone groups is 1. The molecule has 1 aliphatic heterocycles. The minimum absolute atomic E-state index is 0.247. The van der Waals surface area contributed by atoms with Gasteiger partial charge in [-0.2, -0.15) is 5.10 Å². The van der Waals surface area contributed by atoms with Crippen LogP contribution in [0.4, 0.5) is 5.69 Å². The second kappa shape index (κ2) is 9.11. The number of hydrogen-bond acceptors (Lipinski definition) is 7. The first-order valence-corrected chi connectivity index (χ1v) is 10.4. The van der Waals surface area contributed by atoms with E-state index < -0.39 is 0 Å². The zero-order valence-corrected chi connectivity index (χ0v) is 17.6. The van der Waals surface area contributed by atoms with Crippen LogP contribution < -0.4 is 19.9 Å². The van der Waals surface area contributed by atoms with Crippen molar-refractivity contribution in [2.75, 3.05) is 27.6 Å². The van der Waals surface area contributed by atoms with Gasteiger partial charge in [0, 0.05) is 4.90 Å². The summed E-state index contributed by atoms with van der Waals surface area (Å²) in [5.74, 6) is 1.93. The molecule has 0 bridgehead atoms. The molecule has 1 atom stereocenters. The molecule has 0 aliphatic carbocycles. The molecule has 1 aliphatic rings. The van der Waals surface area contributed by atoms with Crippen LogP contribution in [0.15, 0.2) is 51.4 Å². The molecule has 2 aromatic rings. The summed E-state index contributed by atoms with van der Waals surface area (Å²) in [5, 5.41) is 5.62. The monoisotopic (exact) mass is 417 g/mol. The number of rotatable bonds is 6. The normalized spacial score (nSPS) is 16.4. The van der Waals surface area contributed by atoms with Crippen LogP contribution in [0.5, 0.6) is 17.2 Å². The number of thioether (sulfide) groups is 2. The van der Waals surface area contributed by atoms with Crippen molar-refractivity contribution >= 4 is 40.7 Å². The van der Waals surface area contributed by atoms with E-state index in [2.05, 4.69) is 15.6 Å². The summed E-state index contributed by atoms with van der Waals surface area (Å²) in [6.07, 6.45) is 2.03.